The summed E-state index contributed by atoms with van der Waals surface area (Å²) < 4.78 is 13.2. The Bertz CT molecular complexity index is 1430. The minimum absolute atomic E-state index is 0.189. The van der Waals surface area contributed by atoms with Crippen LogP contribution in [0.5, 0.6) is 11.5 Å². The third kappa shape index (κ3) is 4.18. The van der Waals surface area contributed by atoms with Crippen molar-refractivity contribution >= 4 is 28.5 Å². The zero-order valence-corrected chi connectivity index (χ0v) is 20.0. The van der Waals surface area contributed by atoms with Gasteiger partial charge >= 0.3 is 0 Å². The first-order chi connectivity index (χ1) is 17.1. The molecule has 0 bridgehead atoms. The van der Waals surface area contributed by atoms with Crippen LogP contribution in [-0.2, 0) is 6.54 Å². The lowest BCUT2D eigenvalue weighted by atomic mass is 10.1. The third-order valence-electron chi connectivity index (χ3n) is 6.25. The third-order valence-corrected chi connectivity index (χ3v) is 6.53. The number of amides is 1. The topological polar surface area (TPSA) is 91.2 Å². The molecule has 8 nitrogen and oxygen atoms in total. The van der Waals surface area contributed by atoms with E-state index in [2.05, 4.69) is 15.4 Å². The highest BCUT2D eigenvalue weighted by molar-refractivity contribution is 6.32. The number of carbonyl (C=O) groups excluding carboxylic acids is 1. The highest BCUT2D eigenvalue weighted by Gasteiger charge is 2.29. The average Bonchev–Trinajstić information content (AvgIpc) is 3.69. The van der Waals surface area contributed by atoms with Gasteiger partial charge in [-0.15, -0.1) is 0 Å². The van der Waals surface area contributed by atoms with Crippen LogP contribution in [0.25, 0.3) is 16.9 Å². The summed E-state index contributed by atoms with van der Waals surface area (Å²) >= 11 is 6.43. The van der Waals surface area contributed by atoms with Gasteiger partial charge in [-0.1, -0.05) is 17.7 Å². The van der Waals surface area contributed by atoms with Crippen LogP contribution in [0.2, 0.25) is 5.02 Å². The van der Waals surface area contributed by atoms with Crippen LogP contribution in [-0.4, -0.2) is 38.9 Å². The number of nitrogens with zero attached hydrogens (tertiary/aromatic N) is 4. The zero-order chi connectivity index (χ0) is 23.9. The number of benzene rings is 1. The minimum atomic E-state index is -0.189. The molecular weight excluding hydrogens is 466 g/mol. The standard InChI is InChI=1S/C26H24ClN5O3/c1-15-23-18(26(33)29-14-16-11-19(27)24-21(12-16)34-9-4-10-35-24)13-20(17-6-7-17)30-25(23)32(31-15)22-5-2-3-8-28-22/h2-3,5,8,11-13,17H,4,6-7,9-10,14H2,1H3,(H,29,33). The molecule has 3 aromatic heterocycles. The second-order valence-corrected chi connectivity index (χ2v) is 9.30. The molecule has 1 aromatic carbocycles. The molecule has 0 saturated heterocycles. The van der Waals surface area contributed by atoms with Crippen molar-refractivity contribution in [2.24, 2.45) is 0 Å². The number of carbonyl (C=O) groups is 1. The van der Waals surface area contributed by atoms with Crippen LogP contribution in [0, 0.1) is 6.92 Å². The van der Waals surface area contributed by atoms with Crippen LogP contribution in [0.15, 0.2) is 42.6 Å². The van der Waals surface area contributed by atoms with Crippen LogP contribution in [0.3, 0.4) is 0 Å². The molecule has 6 rings (SSSR count). The predicted molar refractivity (Wildman–Crippen MR) is 132 cm³/mol. The Hall–Kier alpha value is -3.65. The van der Waals surface area contributed by atoms with Gasteiger partial charge in [0.25, 0.3) is 5.91 Å². The summed E-state index contributed by atoms with van der Waals surface area (Å²) in [5.41, 5.74) is 3.69. The van der Waals surface area contributed by atoms with Gasteiger partial charge in [-0.25, -0.2) is 9.97 Å². The molecule has 0 atom stereocenters. The summed E-state index contributed by atoms with van der Waals surface area (Å²) in [5, 5.41) is 8.93. The van der Waals surface area contributed by atoms with E-state index in [-0.39, 0.29) is 5.91 Å². The Morgan fingerprint density at radius 3 is 2.86 bits per heavy atom. The number of fused-ring (bicyclic) bond motifs is 2. The van der Waals surface area contributed by atoms with E-state index in [4.69, 9.17) is 26.1 Å². The van der Waals surface area contributed by atoms with E-state index in [0.717, 1.165) is 41.6 Å². The van der Waals surface area contributed by atoms with Gasteiger partial charge in [-0.3, -0.25) is 4.79 Å². The summed E-state index contributed by atoms with van der Waals surface area (Å²) in [4.78, 5) is 22.8. The molecule has 9 heteroatoms. The second-order valence-electron chi connectivity index (χ2n) is 8.89. The van der Waals surface area contributed by atoms with Crippen molar-refractivity contribution < 1.29 is 14.3 Å². The van der Waals surface area contributed by atoms with Crippen molar-refractivity contribution in [3.8, 4) is 17.3 Å². The van der Waals surface area contributed by atoms with Crippen molar-refractivity contribution in [2.45, 2.75) is 38.6 Å². The lowest BCUT2D eigenvalue weighted by Crippen LogP contribution is -2.23. The molecule has 1 aliphatic heterocycles. The number of pyridine rings is 2. The monoisotopic (exact) mass is 489 g/mol. The number of aromatic nitrogens is 4. The number of hydrogen-bond donors (Lipinski definition) is 1. The van der Waals surface area contributed by atoms with Gasteiger partial charge in [0.05, 0.1) is 34.9 Å². The van der Waals surface area contributed by atoms with E-state index >= 15 is 0 Å². The predicted octanol–water partition coefficient (Wildman–Crippen LogP) is 4.75. The summed E-state index contributed by atoms with van der Waals surface area (Å²) in [6.45, 7) is 3.32. The molecule has 35 heavy (non-hydrogen) atoms. The Kier molecular flexibility index (Phi) is 5.53. The zero-order valence-electron chi connectivity index (χ0n) is 19.3. The number of nitrogens with one attached hydrogen (secondary N) is 1. The maximum absolute atomic E-state index is 13.5. The van der Waals surface area contributed by atoms with Gasteiger partial charge in [-0.2, -0.15) is 9.78 Å². The fraction of sp³-hybridized carbons (Fsp3) is 0.308. The Morgan fingerprint density at radius 1 is 1.20 bits per heavy atom. The normalized spacial score (nSPS) is 15.1. The van der Waals surface area contributed by atoms with E-state index < -0.39 is 0 Å². The van der Waals surface area contributed by atoms with Crippen LogP contribution >= 0.6 is 11.6 Å². The molecule has 178 valence electrons. The molecule has 1 N–H and O–H groups in total. The van der Waals surface area contributed by atoms with Crippen LogP contribution < -0.4 is 14.8 Å². The largest absolute Gasteiger partial charge is 0.489 e. The van der Waals surface area contributed by atoms with Crippen molar-refractivity contribution in [3.05, 3.63) is 70.1 Å². The fourth-order valence-electron chi connectivity index (χ4n) is 4.38. The first-order valence-corrected chi connectivity index (χ1v) is 12.1. The maximum atomic E-state index is 13.5. The van der Waals surface area contributed by atoms with Crippen molar-refractivity contribution in [3.63, 3.8) is 0 Å². The first-order valence-electron chi connectivity index (χ1n) is 11.8. The van der Waals surface area contributed by atoms with E-state index in [1.807, 2.05) is 37.3 Å². The summed E-state index contributed by atoms with van der Waals surface area (Å²) in [5.74, 6) is 2.01. The van der Waals surface area contributed by atoms with E-state index in [0.29, 0.717) is 59.2 Å². The molecule has 1 saturated carbocycles. The van der Waals surface area contributed by atoms with E-state index in [9.17, 15) is 4.79 Å². The highest BCUT2D eigenvalue weighted by atomic mass is 35.5. The quantitative estimate of drug-likeness (QED) is 0.435. The van der Waals surface area contributed by atoms with Gasteiger partial charge in [-0.05, 0) is 55.7 Å². The SMILES string of the molecule is Cc1nn(-c2ccccn2)c2nc(C3CC3)cc(C(=O)NCc3cc(Cl)c4c(c3)OCCCO4)c12. The second kappa shape index (κ2) is 8.85. The van der Waals surface area contributed by atoms with E-state index in [1.165, 1.54) is 0 Å². The molecular formula is C26H24ClN5O3. The summed E-state index contributed by atoms with van der Waals surface area (Å²) in [6.07, 6.45) is 4.67. The number of aryl methyl sites for hydroxylation is 1. The van der Waals surface area contributed by atoms with E-state index in [1.54, 1.807) is 16.9 Å². The van der Waals surface area contributed by atoms with Gasteiger partial charge in [0.2, 0.25) is 0 Å². The number of ether oxygens (including phenoxy) is 2. The van der Waals surface area contributed by atoms with Crippen LogP contribution in [0.4, 0.5) is 0 Å². The lowest BCUT2D eigenvalue weighted by Gasteiger charge is -2.13. The minimum Gasteiger partial charge on any atom is -0.489 e. The van der Waals surface area contributed by atoms with Crippen molar-refractivity contribution in [1.29, 1.82) is 0 Å². The smallest absolute Gasteiger partial charge is 0.252 e. The van der Waals surface area contributed by atoms with Crippen molar-refractivity contribution in [1.82, 2.24) is 25.1 Å². The fourth-order valence-corrected chi connectivity index (χ4v) is 4.67. The average molecular weight is 490 g/mol. The lowest BCUT2D eigenvalue weighted by molar-refractivity contribution is 0.0952. The van der Waals surface area contributed by atoms with Gasteiger partial charge < -0.3 is 14.8 Å². The summed E-state index contributed by atoms with van der Waals surface area (Å²) in [6, 6.07) is 11.2. The summed E-state index contributed by atoms with van der Waals surface area (Å²) in [7, 11) is 0. The molecule has 1 aliphatic carbocycles. The number of halogens is 1. The number of hydrogen-bond acceptors (Lipinski definition) is 6. The van der Waals surface area contributed by atoms with Gasteiger partial charge in [0.15, 0.2) is 23.0 Å². The van der Waals surface area contributed by atoms with Gasteiger partial charge in [0, 0.05) is 30.8 Å². The van der Waals surface area contributed by atoms with Crippen LogP contribution in [0.1, 0.15) is 52.5 Å². The van der Waals surface area contributed by atoms with Crippen molar-refractivity contribution in [2.75, 3.05) is 13.2 Å². The molecule has 4 heterocycles. The molecule has 2 aliphatic rings. The molecule has 0 unspecified atom stereocenters. The molecule has 1 amide bonds. The Morgan fingerprint density at radius 2 is 2.06 bits per heavy atom. The molecule has 0 spiro atoms. The highest BCUT2D eigenvalue weighted by Crippen LogP contribution is 2.41. The molecule has 0 radical (unpaired) electrons. The Balaban J connectivity index is 1.34. The molecule has 4 aromatic rings. The molecule has 1 fully saturated rings. The van der Waals surface area contributed by atoms with Gasteiger partial charge in [0.1, 0.15) is 0 Å². The maximum Gasteiger partial charge on any atom is 0.252 e. The number of rotatable bonds is 5. The first kappa shape index (κ1) is 21.9. The Labute approximate surface area is 207 Å².